The lowest BCUT2D eigenvalue weighted by Gasteiger charge is -2.34. The molecule has 1 aromatic carbocycles. The number of piperazine rings is 1. The summed E-state index contributed by atoms with van der Waals surface area (Å²) in [7, 11) is 1.65. The molecular formula is C17H22N4O3. The second-order valence-corrected chi connectivity index (χ2v) is 5.87. The summed E-state index contributed by atoms with van der Waals surface area (Å²) in [4.78, 5) is 26.3. The highest BCUT2D eigenvalue weighted by atomic mass is 16.5. The molecule has 1 saturated heterocycles. The molecule has 1 atom stereocenters. The van der Waals surface area contributed by atoms with Gasteiger partial charge in [0.25, 0.3) is 5.91 Å². The highest BCUT2D eigenvalue weighted by Crippen LogP contribution is 2.24. The van der Waals surface area contributed by atoms with Gasteiger partial charge >= 0.3 is 0 Å². The molecular weight excluding hydrogens is 308 g/mol. The maximum absolute atomic E-state index is 13.1. The Hall–Kier alpha value is -2.38. The van der Waals surface area contributed by atoms with Gasteiger partial charge in [-0.15, -0.1) is 0 Å². The zero-order valence-corrected chi connectivity index (χ0v) is 13.7. The normalized spacial score (nSPS) is 18.0. The first-order valence-electron chi connectivity index (χ1n) is 8.01. The van der Waals surface area contributed by atoms with Crippen LogP contribution in [0, 0.1) is 0 Å². The molecule has 24 heavy (non-hydrogen) atoms. The van der Waals surface area contributed by atoms with Crippen molar-refractivity contribution in [2.24, 2.45) is 5.73 Å². The van der Waals surface area contributed by atoms with Gasteiger partial charge in [0.15, 0.2) is 0 Å². The molecule has 0 radical (unpaired) electrons. The molecule has 0 bridgehead atoms. The number of hydrogen-bond donors (Lipinski definition) is 2. The Morgan fingerprint density at radius 1 is 1.38 bits per heavy atom. The van der Waals surface area contributed by atoms with Crippen molar-refractivity contribution in [1.29, 1.82) is 0 Å². The van der Waals surface area contributed by atoms with Gasteiger partial charge in [-0.05, 0) is 6.07 Å². The molecule has 2 aromatic rings. The Labute approximate surface area is 140 Å². The predicted octanol–water partition coefficient (Wildman–Crippen LogP) is 0.187. The summed E-state index contributed by atoms with van der Waals surface area (Å²) >= 11 is 0. The van der Waals surface area contributed by atoms with Gasteiger partial charge in [0.1, 0.15) is 6.04 Å². The topological polar surface area (TPSA) is 89.6 Å². The third kappa shape index (κ3) is 3.00. The first-order chi connectivity index (χ1) is 11.6. The largest absolute Gasteiger partial charge is 0.383 e. The molecule has 3 N–H and O–H groups in total. The Balaban J connectivity index is 1.98. The number of aromatic nitrogens is 1. The Morgan fingerprint density at radius 3 is 2.92 bits per heavy atom. The number of primary amides is 1. The maximum Gasteiger partial charge on any atom is 0.256 e. The van der Waals surface area contributed by atoms with E-state index in [1.807, 2.05) is 35.0 Å². The average Bonchev–Trinajstić information content (AvgIpc) is 2.98. The van der Waals surface area contributed by atoms with Gasteiger partial charge in [-0.3, -0.25) is 9.59 Å². The van der Waals surface area contributed by atoms with Crippen molar-refractivity contribution in [2.45, 2.75) is 12.6 Å². The fourth-order valence-corrected chi connectivity index (χ4v) is 3.15. The predicted molar refractivity (Wildman–Crippen MR) is 90.7 cm³/mol. The number of rotatable bonds is 5. The van der Waals surface area contributed by atoms with E-state index in [4.69, 9.17) is 10.5 Å². The lowest BCUT2D eigenvalue weighted by atomic mass is 10.1. The summed E-state index contributed by atoms with van der Waals surface area (Å²) in [6.45, 7) is 2.72. The summed E-state index contributed by atoms with van der Waals surface area (Å²) in [6, 6.07) is 7.13. The number of methoxy groups -OCH3 is 1. The Bertz CT molecular complexity index is 755. The number of fused-ring (bicyclic) bond motifs is 1. The number of ether oxygens (including phenoxy) is 1. The van der Waals surface area contributed by atoms with Crippen LogP contribution in [0.4, 0.5) is 0 Å². The molecule has 128 valence electrons. The number of carbonyl (C=O) groups excluding carboxylic acids is 2. The van der Waals surface area contributed by atoms with Gasteiger partial charge in [-0.2, -0.15) is 0 Å². The van der Waals surface area contributed by atoms with E-state index in [9.17, 15) is 9.59 Å². The molecule has 0 saturated carbocycles. The van der Waals surface area contributed by atoms with Crippen LogP contribution in [0.25, 0.3) is 10.9 Å². The van der Waals surface area contributed by atoms with E-state index in [0.29, 0.717) is 38.3 Å². The number of nitrogens with zero attached hydrogens (tertiary/aromatic N) is 2. The SMILES string of the molecule is COCCn1cc(C(=O)N2CCNC[C@@H]2C(N)=O)c2ccccc21. The van der Waals surface area contributed by atoms with Gasteiger partial charge in [0.2, 0.25) is 5.91 Å². The van der Waals surface area contributed by atoms with Gasteiger partial charge in [-0.1, -0.05) is 18.2 Å². The monoisotopic (exact) mass is 330 g/mol. The second-order valence-electron chi connectivity index (χ2n) is 5.87. The fourth-order valence-electron chi connectivity index (χ4n) is 3.15. The Morgan fingerprint density at radius 2 is 2.17 bits per heavy atom. The number of hydrogen-bond acceptors (Lipinski definition) is 4. The second kappa shape index (κ2) is 7.02. The van der Waals surface area contributed by atoms with E-state index in [0.717, 1.165) is 10.9 Å². The summed E-state index contributed by atoms with van der Waals surface area (Å²) in [5.74, 6) is -0.647. The number of nitrogens with two attached hydrogens (primary N) is 1. The number of carbonyl (C=O) groups is 2. The molecule has 3 rings (SSSR count). The molecule has 0 aliphatic carbocycles. The van der Waals surface area contributed by atoms with Gasteiger partial charge in [0, 0.05) is 50.4 Å². The molecule has 0 spiro atoms. The third-order valence-corrected chi connectivity index (χ3v) is 4.39. The van der Waals surface area contributed by atoms with Crippen LogP contribution in [0.15, 0.2) is 30.5 Å². The van der Waals surface area contributed by atoms with Crippen LogP contribution in [0.5, 0.6) is 0 Å². The molecule has 2 amide bonds. The van der Waals surface area contributed by atoms with Gasteiger partial charge < -0.3 is 25.3 Å². The molecule has 2 heterocycles. The van der Waals surface area contributed by atoms with E-state index in [1.54, 1.807) is 12.0 Å². The molecule has 7 heteroatoms. The van der Waals surface area contributed by atoms with Gasteiger partial charge in [-0.25, -0.2) is 0 Å². The van der Waals surface area contributed by atoms with Crippen LogP contribution < -0.4 is 11.1 Å². The Kier molecular flexibility index (Phi) is 4.82. The molecule has 0 unspecified atom stereocenters. The smallest absolute Gasteiger partial charge is 0.256 e. The first-order valence-corrected chi connectivity index (χ1v) is 8.01. The zero-order chi connectivity index (χ0) is 17.1. The number of benzene rings is 1. The molecule has 1 aliphatic heterocycles. The standard InChI is InChI=1S/C17H22N4O3/c1-24-9-8-20-11-13(12-4-2-3-5-14(12)20)17(23)21-7-6-19-10-15(21)16(18)22/h2-5,11,15,19H,6-10H2,1H3,(H2,18,22)/t15-/m1/s1. The zero-order valence-electron chi connectivity index (χ0n) is 13.7. The van der Waals surface area contributed by atoms with Crippen LogP contribution in [0.1, 0.15) is 10.4 Å². The molecule has 1 aliphatic rings. The molecule has 1 fully saturated rings. The van der Waals surface area contributed by atoms with E-state index in [-0.39, 0.29) is 5.91 Å². The van der Waals surface area contributed by atoms with Crippen molar-refractivity contribution in [1.82, 2.24) is 14.8 Å². The summed E-state index contributed by atoms with van der Waals surface area (Å²) in [6.07, 6.45) is 1.84. The number of nitrogens with one attached hydrogen (secondary N) is 1. The minimum Gasteiger partial charge on any atom is -0.383 e. The van der Waals surface area contributed by atoms with Crippen molar-refractivity contribution in [3.05, 3.63) is 36.0 Å². The van der Waals surface area contributed by atoms with Crippen LogP contribution in [0.2, 0.25) is 0 Å². The van der Waals surface area contributed by atoms with Crippen LogP contribution in [-0.2, 0) is 16.1 Å². The van der Waals surface area contributed by atoms with Crippen molar-refractivity contribution < 1.29 is 14.3 Å². The lowest BCUT2D eigenvalue weighted by Crippen LogP contribution is -2.58. The van der Waals surface area contributed by atoms with Crippen LogP contribution in [0.3, 0.4) is 0 Å². The maximum atomic E-state index is 13.1. The van der Waals surface area contributed by atoms with Crippen molar-refractivity contribution in [2.75, 3.05) is 33.4 Å². The van der Waals surface area contributed by atoms with E-state index in [2.05, 4.69) is 5.32 Å². The molecule has 1 aromatic heterocycles. The van der Waals surface area contributed by atoms with Gasteiger partial charge in [0.05, 0.1) is 12.2 Å². The number of amides is 2. The minimum absolute atomic E-state index is 0.160. The van der Waals surface area contributed by atoms with Crippen molar-refractivity contribution >= 4 is 22.7 Å². The summed E-state index contributed by atoms with van der Waals surface area (Å²) in [5, 5.41) is 3.98. The highest BCUT2D eigenvalue weighted by Gasteiger charge is 2.32. The third-order valence-electron chi connectivity index (χ3n) is 4.39. The van der Waals surface area contributed by atoms with E-state index >= 15 is 0 Å². The lowest BCUT2D eigenvalue weighted by molar-refractivity contribution is -0.122. The highest BCUT2D eigenvalue weighted by molar-refractivity contribution is 6.08. The molecule has 7 nitrogen and oxygen atoms in total. The van der Waals surface area contributed by atoms with Crippen LogP contribution in [-0.4, -0.2) is 60.7 Å². The minimum atomic E-state index is -0.618. The van der Waals surface area contributed by atoms with Crippen molar-refractivity contribution in [3.63, 3.8) is 0 Å². The first kappa shape index (κ1) is 16.5. The fraction of sp³-hybridized carbons (Fsp3) is 0.412. The average molecular weight is 330 g/mol. The number of para-hydroxylation sites is 1. The van der Waals surface area contributed by atoms with Crippen LogP contribution >= 0.6 is 0 Å². The van der Waals surface area contributed by atoms with E-state index < -0.39 is 11.9 Å². The summed E-state index contributed by atoms with van der Waals surface area (Å²) in [5.41, 5.74) is 7.03. The quantitative estimate of drug-likeness (QED) is 0.819. The van der Waals surface area contributed by atoms with Crippen molar-refractivity contribution in [3.8, 4) is 0 Å². The van der Waals surface area contributed by atoms with E-state index in [1.165, 1.54) is 0 Å². The summed E-state index contributed by atoms with van der Waals surface area (Å²) < 4.78 is 7.15.